The first-order chi connectivity index (χ1) is 10.5. The number of aromatic amines is 1. The summed E-state index contributed by atoms with van der Waals surface area (Å²) in [4.78, 5) is 15.5. The summed E-state index contributed by atoms with van der Waals surface area (Å²) >= 11 is 4.94. The molecule has 1 aromatic carbocycles. The van der Waals surface area contributed by atoms with Gasteiger partial charge in [0.05, 0.1) is 11.6 Å². The highest BCUT2D eigenvalue weighted by Gasteiger charge is 2.35. The van der Waals surface area contributed by atoms with E-state index in [2.05, 4.69) is 10.3 Å². The summed E-state index contributed by atoms with van der Waals surface area (Å²) < 4.78 is 5.33. The zero-order valence-corrected chi connectivity index (χ0v) is 13.3. The zero-order valence-electron chi connectivity index (χ0n) is 12.5. The van der Waals surface area contributed by atoms with Crippen LogP contribution in [0.2, 0.25) is 0 Å². The van der Waals surface area contributed by atoms with Crippen LogP contribution in [0.4, 0.5) is 0 Å². The van der Waals surface area contributed by atoms with Crippen molar-refractivity contribution in [2.75, 3.05) is 6.54 Å². The summed E-state index contributed by atoms with van der Waals surface area (Å²) in [6, 6.07) is 5.19. The van der Waals surface area contributed by atoms with Crippen LogP contribution in [0.5, 0.6) is 0 Å². The predicted octanol–water partition coefficient (Wildman–Crippen LogP) is 3.16. The van der Waals surface area contributed by atoms with Gasteiger partial charge in [-0.05, 0) is 43.3 Å². The third-order valence-corrected chi connectivity index (χ3v) is 4.80. The largest absolute Gasteiger partial charge is 0.429 e. The second-order valence-corrected chi connectivity index (χ2v) is 6.69. The highest BCUT2D eigenvalue weighted by atomic mass is 32.1. The number of oxazole rings is 1. The lowest BCUT2D eigenvalue weighted by Crippen LogP contribution is -2.45. The van der Waals surface area contributed by atoms with Crippen LogP contribution in [0.3, 0.4) is 0 Å². The number of amides is 1. The molecule has 22 heavy (non-hydrogen) atoms. The summed E-state index contributed by atoms with van der Waals surface area (Å²) in [6.45, 7) is 2.51. The van der Waals surface area contributed by atoms with Crippen LogP contribution in [0, 0.1) is 10.3 Å². The van der Waals surface area contributed by atoms with E-state index < -0.39 is 0 Å². The van der Waals surface area contributed by atoms with Crippen molar-refractivity contribution in [2.45, 2.75) is 38.7 Å². The Bertz CT molecular complexity index is 751. The maximum atomic E-state index is 12.3. The lowest BCUT2D eigenvalue weighted by atomic mass is 9.73. The van der Waals surface area contributed by atoms with Gasteiger partial charge in [0.15, 0.2) is 5.58 Å². The number of H-pyrrole nitrogens is 1. The number of benzene rings is 1. The SMILES string of the molecule is C[C@]1(CNC(=O)c2ccc3[nH]c(=S)oc3c2)CCCC[C@H]1O. The first-order valence-electron chi connectivity index (χ1n) is 7.57. The standard InChI is InChI=1S/C16H20N2O3S/c1-16(7-3-2-4-13(16)19)9-17-14(20)10-5-6-11-12(8-10)21-15(22)18-11/h5-6,8,13,19H,2-4,7,9H2,1H3,(H,17,20)(H,18,22)/t13-,16-/m1/s1. The fourth-order valence-corrected chi connectivity index (χ4v) is 3.26. The number of hydrogen-bond donors (Lipinski definition) is 3. The quantitative estimate of drug-likeness (QED) is 0.759. The van der Waals surface area contributed by atoms with Gasteiger partial charge in [0.25, 0.3) is 10.7 Å². The van der Waals surface area contributed by atoms with Crippen molar-refractivity contribution >= 4 is 29.2 Å². The smallest absolute Gasteiger partial charge is 0.266 e. The molecule has 0 spiro atoms. The Labute approximate surface area is 133 Å². The molecule has 0 radical (unpaired) electrons. The Balaban J connectivity index is 1.71. The van der Waals surface area contributed by atoms with Crippen LogP contribution in [0.15, 0.2) is 22.6 Å². The van der Waals surface area contributed by atoms with E-state index in [-0.39, 0.29) is 17.4 Å². The molecule has 6 heteroatoms. The van der Waals surface area contributed by atoms with Gasteiger partial charge in [-0.3, -0.25) is 4.79 Å². The molecule has 1 aromatic heterocycles. The minimum Gasteiger partial charge on any atom is -0.429 e. The number of rotatable bonds is 3. The van der Waals surface area contributed by atoms with E-state index in [0.717, 1.165) is 31.2 Å². The molecule has 1 saturated carbocycles. The molecule has 1 heterocycles. The molecule has 0 unspecified atom stereocenters. The summed E-state index contributed by atoms with van der Waals surface area (Å²) in [6.07, 6.45) is 3.53. The van der Waals surface area contributed by atoms with Gasteiger partial charge in [0.2, 0.25) is 0 Å². The van der Waals surface area contributed by atoms with E-state index in [1.54, 1.807) is 18.2 Å². The number of carbonyl (C=O) groups is 1. The van der Waals surface area contributed by atoms with Crippen molar-refractivity contribution in [3.8, 4) is 0 Å². The molecule has 118 valence electrons. The molecular weight excluding hydrogens is 300 g/mol. The molecule has 3 rings (SSSR count). The second-order valence-electron chi connectivity index (χ2n) is 6.32. The van der Waals surface area contributed by atoms with Crippen LogP contribution in [-0.4, -0.2) is 28.6 Å². The topological polar surface area (TPSA) is 78.3 Å². The van der Waals surface area contributed by atoms with E-state index in [4.69, 9.17) is 16.6 Å². The van der Waals surface area contributed by atoms with Crippen molar-refractivity contribution < 1.29 is 14.3 Å². The molecule has 1 amide bonds. The van der Waals surface area contributed by atoms with Gasteiger partial charge in [-0.25, -0.2) is 0 Å². The van der Waals surface area contributed by atoms with E-state index in [1.165, 1.54) is 0 Å². The summed E-state index contributed by atoms with van der Waals surface area (Å²) in [7, 11) is 0. The average molecular weight is 320 g/mol. The first kappa shape index (κ1) is 15.2. The van der Waals surface area contributed by atoms with Crippen LogP contribution in [-0.2, 0) is 0 Å². The molecule has 1 fully saturated rings. The van der Waals surface area contributed by atoms with Gasteiger partial charge >= 0.3 is 0 Å². The van der Waals surface area contributed by atoms with Gasteiger partial charge in [-0.15, -0.1) is 0 Å². The fourth-order valence-electron chi connectivity index (χ4n) is 3.06. The molecule has 1 aliphatic carbocycles. The van der Waals surface area contributed by atoms with Crippen molar-refractivity contribution in [3.63, 3.8) is 0 Å². The molecule has 0 aliphatic heterocycles. The summed E-state index contributed by atoms with van der Waals surface area (Å²) in [5.41, 5.74) is 1.63. The Kier molecular flexibility index (Phi) is 4.06. The predicted molar refractivity (Wildman–Crippen MR) is 86.3 cm³/mol. The molecule has 1 aliphatic rings. The maximum absolute atomic E-state index is 12.3. The molecule has 0 saturated heterocycles. The van der Waals surface area contributed by atoms with E-state index in [9.17, 15) is 9.90 Å². The van der Waals surface area contributed by atoms with Crippen LogP contribution >= 0.6 is 12.2 Å². The lowest BCUT2D eigenvalue weighted by Gasteiger charge is -2.38. The van der Waals surface area contributed by atoms with E-state index in [0.29, 0.717) is 22.5 Å². The number of carbonyl (C=O) groups excluding carboxylic acids is 1. The number of fused-ring (bicyclic) bond motifs is 1. The van der Waals surface area contributed by atoms with Gasteiger partial charge in [0.1, 0.15) is 0 Å². The van der Waals surface area contributed by atoms with Crippen molar-refractivity contribution in [2.24, 2.45) is 5.41 Å². The van der Waals surface area contributed by atoms with Crippen molar-refractivity contribution in [3.05, 3.63) is 28.6 Å². The molecule has 5 nitrogen and oxygen atoms in total. The molecule has 2 aromatic rings. The zero-order chi connectivity index (χ0) is 15.7. The Morgan fingerprint density at radius 2 is 2.36 bits per heavy atom. The van der Waals surface area contributed by atoms with Gasteiger partial charge < -0.3 is 19.8 Å². The monoisotopic (exact) mass is 320 g/mol. The molecule has 0 bridgehead atoms. The molecule has 3 N–H and O–H groups in total. The third kappa shape index (κ3) is 2.94. The second kappa shape index (κ2) is 5.85. The van der Waals surface area contributed by atoms with E-state index >= 15 is 0 Å². The van der Waals surface area contributed by atoms with Crippen LogP contribution in [0.25, 0.3) is 11.1 Å². The molecule has 2 atom stereocenters. The minimum atomic E-state index is -0.355. The van der Waals surface area contributed by atoms with Crippen molar-refractivity contribution in [1.29, 1.82) is 0 Å². The Hall–Kier alpha value is -1.66. The maximum Gasteiger partial charge on any atom is 0.266 e. The summed E-state index contributed by atoms with van der Waals surface area (Å²) in [5.74, 6) is -0.164. The van der Waals surface area contributed by atoms with Crippen molar-refractivity contribution in [1.82, 2.24) is 10.3 Å². The Morgan fingerprint density at radius 3 is 3.14 bits per heavy atom. The number of aromatic nitrogens is 1. The lowest BCUT2D eigenvalue weighted by molar-refractivity contribution is 0.00190. The first-order valence-corrected chi connectivity index (χ1v) is 7.98. The number of aliphatic hydroxyl groups excluding tert-OH is 1. The van der Waals surface area contributed by atoms with Crippen LogP contribution in [0.1, 0.15) is 43.0 Å². The normalized spacial score (nSPS) is 25.3. The third-order valence-electron chi connectivity index (χ3n) is 4.62. The average Bonchev–Trinajstić information content (AvgIpc) is 2.87. The van der Waals surface area contributed by atoms with Gasteiger partial charge in [-0.2, -0.15) is 0 Å². The van der Waals surface area contributed by atoms with E-state index in [1.807, 2.05) is 6.92 Å². The summed E-state index contributed by atoms with van der Waals surface area (Å²) in [5, 5.41) is 13.1. The highest BCUT2D eigenvalue weighted by Crippen LogP contribution is 2.35. The number of hydrogen-bond acceptors (Lipinski definition) is 4. The minimum absolute atomic E-state index is 0.164. The number of nitrogens with one attached hydrogen (secondary N) is 2. The van der Waals surface area contributed by atoms with Gasteiger partial charge in [-0.1, -0.05) is 19.8 Å². The molecular formula is C16H20N2O3S. The van der Waals surface area contributed by atoms with Crippen LogP contribution < -0.4 is 5.32 Å². The number of aliphatic hydroxyl groups is 1. The highest BCUT2D eigenvalue weighted by molar-refractivity contribution is 7.71. The fraction of sp³-hybridized carbons (Fsp3) is 0.500. The Morgan fingerprint density at radius 1 is 1.55 bits per heavy atom. The van der Waals surface area contributed by atoms with Gasteiger partial charge in [0, 0.05) is 17.5 Å².